The zero-order valence-corrected chi connectivity index (χ0v) is 27.1. The van der Waals surface area contributed by atoms with E-state index in [-0.39, 0.29) is 18.1 Å². The zero-order valence-electron chi connectivity index (χ0n) is 27.1. The molecule has 3 amide bonds. The first kappa shape index (κ1) is 34.2. The van der Waals surface area contributed by atoms with E-state index in [1.165, 1.54) is 12.1 Å². The Morgan fingerprint density at radius 3 is 2.14 bits per heavy atom. The lowest BCUT2D eigenvalue weighted by Gasteiger charge is -2.35. The Balaban J connectivity index is 2.10. The molecule has 3 N–H and O–H groups in total. The van der Waals surface area contributed by atoms with Gasteiger partial charge >= 0.3 is 6.09 Å². The molecule has 0 aliphatic carbocycles. The standard InChI is InChI=1S/C36H47N3O5/c1-8-9-10-21-39(34(42)30(37-35(43)44-36(5,6)7)23-27-17-19-29(40)20-18-27)32(28-16-11-13-24(2)22-28)33(41)38-31-25(3)14-12-15-26(31)4/h11-20,22,30,32,40H,8-10,21,23H2,1-7H3,(H,37,43)(H,38,41). The molecule has 0 aliphatic heterocycles. The highest BCUT2D eigenvalue weighted by molar-refractivity contribution is 6.00. The maximum absolute atomic E-state index is 14.6. The molecule has 3 aromatic carbocycles. The molecule has 0 saturated heterocycles. The van der Waals surface area contributed by atoms with Gasteiger partial charge in [0.2, 0.25) is 5.91 Å². The number of phenolic OH excluding ortho intramolecular Hbond substituents is 1. The van der Waals surface area contributed by atoms with Crippen molar-refractivity contribution in [2.75, 3.05) is 11.9 Å². The molecule has 3 aromatic rings. The molecule has 8 heteroatoms. The van der Waals surface area contributed by atoms with Crippen molar-refractivity contribution in [3.63, 3.8) is 0 Å². The topological polar surface area (TPSA) is 108 Å². The number of carbonyl (C=O) groups excluding carboxylic acids is 3. The van der Waals surface area contributed by atoms with Crippen LogP contribution in [0.2, 0.25) is 0 Å². The lowest BCUT2D eigenvalue weighted by molar-refractivity contribution is -0.140. The molecular formula is C36H47N3O5. The molecule has 44 heavy (non-hydrogen) atoms. The molecule has 0 saturated carbocycles. The predicted octanol–water partition coefficient (Wildman–Crippen LogP) is 7.15. The summed E-state index contributed by atoms with van der Waals surface area (Å²) in [6.45, 7) is 13.5. The van der Waals surface area contributed by atoms with Crippen molar-refractivity contribution in [3.8, 4) is 5.75 Å². The maximum atomic E-state index is 14.6. The van der Waals surface area contributed by atoms with Gasteiger partial charge in [0.15, 0.2) is 0 Å². The molecular weight excluding hydrogens is 554 g/mol. The average Bonchev–Trinajstić information content (AvgIpc) is 2.94. The van der Waals surface area contributed by atoms with Gasteiger partial charge in [-0.05, 0) is 82.3 Å². The van der Waals surface area contributed by atoms with Gasteiger partial charge in [0, 0.05) is 18.7 Å². The number of nitrogens with one attached hydrogen (secondary N) is 2. The summed E-state index contributed by atoms with van der Waals surface area (Å²) in [7, 11) is 0. The lowest BCUT2D eigenvalue weighted by Crippen LogP contribution is -2.53. The third-order valence-corrected chi connectivity index (χ3v) is 7.30. The number of rotatable bonds is 12. The summed E-state index contributed by atoms with van der Waals surface area (Å²) in [5.41, 5.74) is 4.15. The summed E-state index contributed by atoms with van der Waals surface area (Å²) in [6.07, 6.45) is 1.89. The SMILES string of the molecule is CCCCCN(C(=O)C(Cc1ccc(O)cc1)NC(=O)OC(C)(C)C)C(C(=O)Nc1c(C)cccc1C)c1cccc(C)c1. The molecule has 0 spiro atoms. The van der Waals surface area contributed by atoms with E-state index in [4.69, 9.17) is 4.74 Å². The van der Waals surface area contributed by atoms with Crippen LogP contribution in [0, 0.1) is 20.8 Å². The number of benzene rings is 3. The van der Waals surface area contributed by atoms with Gasteiger partial charge in [0.1, 0.15) is 23.4 Å². The summed E-state index contributed by atoms with van der Waals surface area (Å²) in [4.78, 5) is 43.5. The Hall–Kier alpha value is -4.33. The average molecular weight is 602 g/mol. The number of unbranched alkanes of at least 4 members (excludes halogenated alkanes) is 2. The number of aryl methyl sites for hydroxylation is 3. The number of para-hydroxylation sites is 1. The van der Waals surface area contributed by atoms with Crippen molar-refractivity contribution in [1.29, 1.82) is 0 Å². The van der Waals surface area contributed by atoms with Crippen LogP contribution in [0.5, 0.6) is 5.75 Å². The highest BCUT2D eigenvalue weighted by Gasteiger charge is 2.36. The molecule has 8 nitrogen and oxygen atoms in total. The molecule has 0 radical (unpaired) electrons. The number of hydrogen-bond acceptors (Lipinski definition) is 5. The van der Waals surface area contributed by atoms with E-state index in [0.717, 1.165) is 35.1 Å². The van der Waals surface area contributed by atoms with Crippen LogP contribution in [-0.2, 0) is 20.7 Å². The van der Waals surface area contributed by atoms with Gasteiger partial charge in [0.25, 0.3) is 5.91 Å². The van der Waals surface area contributed by atoms with Crippen LogP contribution in [-0.4, -0.2) is 46.1 Å². The second-order valence-corrected chi connectivity index (χ2v) is 12.4. The van der Waals surface area contributed by atoms with Gasteiger partial charge in [-0.25, -0.2) is 4.79 Å². The van der Waals surface area contributed by atoms with E-state index in [9.17, 15) is 19.5 Å². The van der Waals surface area contributed by atoms with E-state index >= 15 is 0 Å². The number of amides is 3. The predicted molar refractivity (Wildman–Crippen MR) is 175 cm³/mol. The third-order valence-electron chi connectivity index (χ3n) is 7.30. The van der Waals surface area contributed by atoms with E-state index in [1.54, 1.807) is 37.8 Å². The van der Waals surface area contributed by atoms with Crippen molar-refractivity contribution < 1.29 is 24.2 Å². The van der Waals surface area contributed by atoms with E-state index in [0.29, 0.717) is 24.2 Å². The van der Waals surface area contributed by atoms with Crippen LogP contribution in [0.1, 0.15) is 80.8 Å². The van der Waals surface area contributed by atoms with Gasteiger partial charge in [-0.2, -0.15) is 0 Å². The number of aromatic hydroxyl groups is 1. The minimum Gasteiger partial charge on any atom is -0.508 e. The van der Waals surface area contributed by atoms with Crippen molar-refractivity contribution in [2.24, 2.45) is 0 Å². The van der Waals surface area contributed by atoms with Gasteiger partial charge in [0.05, 0.1) is 0 Å². The van der Waals surface area contributed by atoms with E-state index in [1.807, 2.05) is 63.2 Å². The zero-order chi connectivity index (χ0) is 32.4. The fraction of sp³-hybridized carbons (Fsp3) is 0.417. The molecule has 2 atom stereocenters. The Morgan fingerprint density at radius 1 is 0.909 bits per heavy atom. The normalized spacial score (nSPS) is 12.6. The van der Waals surface area contributed by atoms with Crippen molar-refractivity contribution in [1.82, 2.24) is 10.2 Å². The molecule has 0 heterocycles. The minimum absolute atomic E-state index is 0.0978. The summed E-state index contributed by atoms with van der Waals surface area (Å²) in [5.74, 6) is -0.637. The highest BCUT2D eigenvalue weighted by atomic mass is 16.6. The van der Waals surface area contributed by atoms with E-state index < -0.39 is 29.7 Å². The Kier molecular flexibility index (Phi) is 12.0. The van der Waals surface area contributed by atoms with E-state index in [2.05, 4.69) is 17.6 Å². The molecule has 3 rings (SSSR count). The fourth-order valence-electron chi connectivity index (χ4n) is 5.13. The highest BCUT2D eigenvalue weighted by Crippen LogP contribution is 2.28. The minimum atomic E-state index is -1.03. The number of carbonyl (C=O) groups is 3. The molecule has 2 unspecified atom stereocenters. The van der Waals surface area contributed by atoms with Crippen LogP contribution in [0.15, 0.2) is 66.7 Å². The Labute approximate surface area is 261 Å². The number of nitrogens with zero attached hydrogens (tertiary/aromatic N) is 1. The van der Waals surface area contributed by atoms with Crippen molar-refractivity contribution in [2.45, 2.75) is 91.8 Å². The summed E-state index contributed by atoms with van der Waals surface area (Å²) >= 11 is 0. The Bertz CT molecular complexity index is 1410. The van der Waals surface area contributed by atoms with Crippen LogP contribution < -0.4 is 10.6 Å². The number of ether oxygens (including phenoxy) is 1. The lowest BCUT2D eigenvalue weighted by atomic mass is 9.98. The van der Waals surface area contributed by atoms with Crippen LogP contribution >= 0.6 is 0 Å². The number of hydrogen-bond donors (Lipinski definition) is 3. The first-order chi connectivity index (χ1) is 20.8. The number of anilines is 1. The Morgan fingerprint density at radius 2 is 1.55 bits per heavy atom. The second kappa shape index (κ2) is 15.4. The van der Waals surface area contributed by atoms with Crippen LogP contribution in [0.3, 0.4) is 0 Å². The van der Waals surface area contributed by atoms with Crippen molar-refractivity contribution in [3.05, 3.63) is 94.5 Å². The maximum Gasteiger partial charge on any atom is 0.408 e. The largest absolute Gasteiger partial charge is 0.508 e. The molecule has 0 bridgehead atoms. The molecule has 236 valence electrons. The fourth-order valence-corrected chi connectivity index (χ4v) is 5.13. The van der Waals surface area contributed by atoms with Crippen LogP contribution in [0.25, 0.3) is 0 Å². The smallest absolute Gasteiger partial charge is 0.408 e. The summed E-state index contributed by atoms with van der Waals surface area (Å²) in [6, 6.07) is 17.9. The first-order valence-corrected chi connectivity index (χ1v) is 15.3. The van der Waals surface area contributed by atoms with Gasteiger partial charge < -0.3 is 25.4 Å². The molecule has 0 aliphatic rings. The molecule has 0 fully saturated rings. The first-order valence-electron chi connectivity index (χ1n) is 15.3. The molecule has 0 aromatic heterocycles. The van der Waals surface area contributed by atoms with Crippen LogP contribution in [0.4, 0.5) is 10.5 Å². The number of phenols is 1. The summed E-state index contributed by atoms with van der Waals surface area (Å²) in [5, 5.41) is 15.7. The van der Waals surface area contributed by atoms with Gasteiger partial charge in [-0.3, -0.25) is 9.59 Å². The van der Waals surface area contributed by atoms with Crippen molar-refractivity contribution >= 4 is 23.6 Å². The van der Waals surface area contributed by atoms with Gasteiger partial charge in [-0.15, -0.1) is 0 Å². The summed E-state index contributed by atoms with van der Waals surface area (Å²) < 4.78 is 5.53. The second-order valence-electron chi connectivity index (χ2n) is 12.4. The monoisotopic (exact) mass is 601 g/mol. The number of alkyl carbamates (subject to hydrolysis) is 1. The van der Waals surface area contributed by atoms with Gasteiger partial charge in [-0.1, -0.05) is 79.9 Å². The quantitative estimate of drug-likeness (QED) is 0.191. The third kappa shape index (κ3) is 9.86.